The monoisotopic (exact) mass is 264 g/mol. The summed E-state index contributed by atoms with van der Waals surface area (Å²) in [4.78, 5) is 1.66. The first kappa shape index (κ1) is 12.9. The van der Waals surface area contributed by atoms with E-state index >= 15 is 0 Å². The van der Waals surface area contributed by atoms with Gasteiger partial charge in [-0.1, -0.05) is 12.1 Å². The SMILES string of the molecule is COc1ccc([C@H]2OC[C@@H](C[NH+]3CCCC3)O2)cc1. The average Bonchev–Trinajstić information content (AvgIpc) is 3.11. The van der Waals surface area contributed by atoms with Crippen molar-refractivity contribution in [3.8, 4) is 5.75 Å². The van der Waals surface area contributed by atoms with Crippen LogP contribution in [0.4, 0.5) is 0 Å². The Morgan fingerprint density at radius 1 is 1.21 bits per heavy atom. The summed E-state index contributed by atoms with van der Waals surface area (Å²) in [6, 6.07) is 7.91. The molecule has 0 aromatic heterocycles. The van der Waals surface area contributed by atoms with Crippen molar-refractivity contribution in [2.24, 2.45) is 0 Å². The number of hydrogen-bond acceptors (Lipinski definition) is 3. The van der Waals surface area contributed by atoms with Crippen LogP contribution in [0.15, 0.2) is 24.3 Å². The first-order valence-corrected chi connectivity index (χ1v) is 7.10. The number of hydrogen-bond donors (Lipinski definition) is 1. The number of likely N-dealkylation sites (tertiary alicyclic amines) is 1. The minimum Gasteiger partial charge on any atom is -0.497 e. The van der Waals surface area contributed by atoms with Crippen LogP contribution >= 0.6 is 0 Å². The van der Waals surface area contributed by atoms with E-state index in [0.717, 1.165) is 17.9 Å². The Kier molecular flexibility index (Phi) is 4.01. The molecule has 2 saturated heterocycles. The van der Waals surface area contributed by atoms with Crippen molar-refractivity contribution in [1.82, 2.24) is 0 Å². The van der Waals surface area contributed by atoms with Gasteiger partial charge in [0.05, 0.1) is 26.8 Å². The van der Waals surface area contributed by atoms with Gasteiger partial charge in [0.25, 0.3) is 0 Å². The fourth-order valence-electron chi connectivity index (χ4n) is 2.89. The Labute approximate surface area is 114 Å². The smallest absolute Gasteiger partial charge is 0.184 e. The third-order valence-corrected chi connectivity index (χ3v) is 3.96. The summed E-state index contributed by atoms with van der Waals surface area (Å²) in [6.07, 6.45) is 2.73. The van der Waals surface area contributed by atoms with E-state index in [-0.39, 0.29) is 12.4 Å². The van der Waals surface area contributed by atoms with Crippen molar-refractivity contribution in [2.45, 2.75) is 25.2 Å². The predicted octanol–water partition coefficient (Wildman–Crippen LogP) is 0.788. The summed E-state index contributed by atoms with van der Waals surface area (Å²) in [6.45, 7) is 4.35. The van der Waals surface area contributed by atoms with Crippen molar-refractivity contribution in [3.63, 3.8) is 0 Å². The van der Waals surface area contributed by atoms with Gasteiger partial charge in [0, 0.05) is 18.4 Å². The molecular formula is C15H22NO3+. The van der Waals surface area contributed by atoms with E-state index in [0.29, 0.717) is 6.61 Å². The maximum atomic E-state index is 6.00. The van der Waals surface area contributed by atoms with Crippen molar-refractivity contribution >= 4 is 0 Å². The van der Waals surface area contributed by atoms with Crippen LogP contribution in [-0.4, -0.2) is 39.5 Å². The Balaban J connectivity index is 1.55. The molecule has 2 aliphatic heterocycles. The average molecular weight is 264 g/mol. The summed E-state index contributed by atoms with van der Waals surface area (Å²) in [5.74, 6) is 0.861. The summed E-state index contributed by atoms with van der Waals surface area (Å²) in [7, 11) is 1.67. The second kappa shape index (κ2) is 5.90. The van der Waals surface area contributed by atoms with Crippen LogP contribution < -0.4 is 9.64 Å². The molecule has 0 unspecified atom stereocenters. The molecule has 1 N–H and O–H groups in total. The zero-order chi connectivity index (χ0) is 13.1. The molecule has 1 aromatic carbocycles. The molecule has 4 heteroatoms. The van der Waals surface area contributed by atoms with E-state index in [1.165, 1.54) is 25.9 Å². The normalized spacial score (nSPS) is 27.8. The van der Waals surface area contributed by atoms with Gasteiger partial charge in [-0.2, -0.15) is 0 Å². The molecule has 19 heavy (non-hydrogen) atoms. The lowest BCUT2D eigenvalue weighted by molar-refractivity contribution is -0.890. The number of ether oxygens (including phenoxy) is 3. The molecule has 3 rings (SSSR count). The molecule has 2 heterocycles. The van der Waals surface area contributed by atoms with Crippen LogP contribution in [0, 0.1) is 0 Å². The van der Waals surface area contributed by atoms with Crippen LogP contribution in [-0.2, 0) is 9.47 Å². The van der Waals surface area contributed by atoms with Gasteiger partial charge in [-0.15, -0.1) is 0 Å². The van der Waals surface area contributed by atoms with Gasteiger partial charge in [0.15, 0.2) is 6.29 Å². The molecule has 0 aliphatic carbocycles. The van der Waals surface area contributed by atoms with Crippen molar-refractivity contribution in [3.05, 3.63) is 29.8 Å². The summed E-state index contributed by atoms with van der Waals surface area (Å²) < 4.78 is 16.9. The molecular weight excluding hydrogens is 242 g/mol. The van der Waals surface area contributed by atoms with Crippen LogP contribution in [0.2, 0.25) is 0 Å². The highest BCUT2D eigenvalue weighted by Gasteiger charge is 2.31. The van der Waals surface area contributed by atoms with E-state index in [2.05, 4.69) is 0 Å². The lowest BCUT2D eigenvalue weighted by Gasteiger charge is -2.16. The van der Waals surface area contributed by atoms with Crippen molar-refractivity contribution < 1.29 is 19.1 Å². The van der Waals surface area contributed by atoms with Crippen molar-refractivity contribution in [2.75, 3.05) is 33.4 Å². The van der Waals surface area contributed by atoms with Gasteiger partial charge >= 0.3 is 0 Å². The second-order valence-corrected chi connectivity index (χ2v) is 5.36. The fraction of sp³-hybridized carbons (Fsp3) is 0.600. The Morgan fingerprint density at radius 2 is 1.95 bits per heavy atom. The summed E-state index contributed by atoms with van der Waals surface area (Å²) in [5, 5.41) is 0. The van der Waals surface area contributed by atoms with Crippen molar-refractivity contribution in [1.29, 1.82) is 0 Å². The minimum absolute atomic E-state index is 0.210. The quantitative estimate of drug-likeness (QED) is 0.872. The molecule has 2 aliphatic rings. The molecule has 0 saturated carbocycles. The maximum absolute atomic E-state index is 6.00. The van der Waals surface area contributed by atoms with E-state index in [9.17, 15) is 0 Å². The largest absolute Gasteiger partial charge is 0.497 e. The Morgan fingerprint density at radius 3 is 2.63 bits per heavy atom. The van der Waals surface area contributed by atoms with Gasteiger partial charge in [-0.3, -0.25) is 0 Å². The predicted molar refractivity (Wildman–Crippen MR) is 71.4 cm³/mol. The molecule has 104 valence electrons. The fourth-order valence-corrected chi connectivity index (χ4v) is 2.89. The number of quaternary nitrogens is 1. The lowest BCUT2D eigenvalue weighted by Crippen LogP contribution is -3.11. The van der Waals surface area contributed by atoms with Crippen LogP contribution in [0.5, 0.6) is 5.75 Å². The molecule has 1 aromatic rings. The first-order valence-electron chi connectivity index (χ1n) is 7.10. The van der Waals surface area contributed by atoms with E-state index in [1.807, 2.05) is 24.3 Å². The van der Waals surface area contributed by atoms with E-state index in [1.54, 1.807) is 12.0 Å². The highest BCUT2D eigenvalue weighted by molar-refractivity contribution is 5.28. The van der Waals surface area contributed by atoms with Gasteiger partial charge in [-0.25, -0.2) is 0 Å². The molecule has 0 bridgehead atoms. The highest BCUT2D eigenvalue weighted by Crippen LogP contribution is 2.27. The van der Waals surface area contributed by atoms with Crippen LogP contribution in [0.25, 0.3) is 0 Å². The van der Waals surface area contributed by atoms with Gasteiger partial charge in [-0.05, 0) is 12.1 Å². The number of rotatable bonds is 4. The summed E-state index contributed by atoms with van der Waals surface area (Å²) in [5.41, 5.74) is 1.07. The molecule has 0 radical (unpaired) electrons. The van der Waals surface area contributed by atoms with Gasteiger partial charge in [0.2, 0.25) is 0 Å². The Bertz CT molecular complexity index is 400. The Hall–Kier alpha value is -1.10. The topological polar surface area (TPSA) is 32.1 Å². The first-order chi connectivity index (χ1) is 9.35. The zero-order valence-corrected chi connectivity index (χ0v) is 11.4. The minimum atomic E-state index is -0.210. The number of methoxy groups -OCH3 is 1. The lowest BCUT2D eigenvalue weighted by atomic mass is 10.2. The van der Waals surface area contributed by atoms with E-state index < -0.39 is 0 Å². The molecule has 0 spiro atoms. The van der Waals surface area contributed by atoms with Crippen LogP contribution in [0.3, 0.4) is 0 Å². The third kappa shape index (κ3) is 3.08. The van der Waals surface area contributed by atoms with E-state index in [4.69, 9.17) is 14.2 Å². The standard InChI is InChI=1S/C15H21NO3/c1-17-13-6-4-12(5-7-13)15-18-11-14(19-15)10-16-8-2-3-9-16/h4-7,14-15H,2-3,8-11H2,1H3/p+1/t14-,15+/m1/s1. The zero-order valence-electron chi connectivity index (χ0n) is 11.4. The number of benzene rings is 1. The maximum Gasteiger partial charge on any atom is 0.184 e. The second-order valence-electron chi connectivity index (χ2n) is 5.36. The molecule has 0 amide bonds. The highest BCUT2D eigenvalue weighted by atomic mass is 16.7. The number of nitrogens with one attached hydrogen (secondary N) is 1. The molecule has 2 atom stereocenters. The summed E-state index contributed by atoms with van der Waals surface area (Å²) >= 11 is 0. The molecule has 4 nitrogen and oxygen atoms in total. The molecule has 2 fully saturated rings. The third-order valence-electron chi connectivity index (χ3n) is 3.96. The van der Waals surface area contributed by atoms with Gasteiger partial charge in [0.1, 0.15) is 18.4 Å². The van der Waals surface area contributed by atoms with Gasteiger partial charge < -0.3 is 19.1 Å². The van der Waals surface area contributed by atoms with Crippen LogP contribution in [0.1, 0.15) is 24.7 Å².